The lowest BCUT2D eigenvalue weighted by Gasteiger charge is -2.31. The molecule has 166 valence electrons. The van der Waals surface area contributed by atoms with Gasteiger partial charge in [0.2, 0.25) is 0 Å². The van der Waals surface area contributed by atoms with Gasteiger partial charge >= 0.3 is 6.03 Å². The van der Waals surface area contributed by atoms with E-state index in [1.54, 1.807) is 6.07 Å². The maximum atomic E-state index is 13.0. The quantitative estimate of drug-likeness (QED) is 0.578. The van der Waals surface area contributed by atoms with Crippen LogP contribution in [0.4, 0.5) is 21.9 Å². The largest absolute Gasteiger partial charge is 0.371 e. The van der Waals surface area contributed by atoms with Crippen molar-refractivity contribution < 1.29 is 9.59 Å². The molecule has 1 aliphatic rings. The van der Waals surface area contributed by atoms with E-state index in [0.29, 0.717) is 11.3 Å². The lowest BCUT2D eigenvalue weighted by Crippen LogP contribution is -2.35. The molecular weight excluding hydrogens is 388 g/mol. The van der Waals surface area contributed by atoms with Crippen molar-refractivity contribution in [3.05, 3.63) is 53.1 Å². The zero-order valence-corrected chi connectivity index (χ0v) is 19.0. The van der Waals surface area contributed by atoms with Crippen molar-refractivity contribution in [1.82, 2.24) is 5.32 Å². The van der Waals surface area contributed by atoms with Gasteiger partial charge in [-0.2, -0.15) is 0 Å². The number of amides is 3. The molecule has 0 aliphatic carbocycles. The number of rotatable bonds is 6. The third kappa shape index (κ3) is 6.00. The number of anilines is 3. The average Bonchev–Trinajstić information content (AvgIpc) is 2.76. The molecule has 1 aliphatic heterocycles. The van der Waals surface area contributed by atoms with Gasteiger partial charge in [-0.1, -0.05) is 13.0 Å². The first-order valence-electron chi connectivity index (χ1n) is 11.2. The molecule has 1 heterocycles. The van der Waals surface area contributed by atoms with E-state index in [1.165, 1.54) is 12.0 Å². The van der Waals surface area contributed by atoms with Crippen molar-refractivity contribution in [2.24, 2.45) is 0 Å². The van der Waals surface area contributed by atoms with E-state index in [9.17, 15) is 9.59 Å². The minimum atomic E-state index is -0.331. The Bertz CT molecular complexity index is 935. The molecule has 0 bridgehead atoms. The first-order valence-corrected chi connectivity index (χ1v) is 11.2. The molecule has 3 rings (SSSR count). The number of urea groups is 1. The van der Waals surface area contributed by atoms with Crippen LogP contribution in [0.3, 0.4) is 0 Å². The Morgan fingerprint density at radius 2 is 1.58 bits per heavy atom. The van der Waals surface area contributed by atoms with Gasteiger partial charge in [0.05, 0.1) is 5.56 Å². The number of carbonyl (C=O) groups is 2. The molecule has 0 radical (unpaired) electrons. The minimum Gasteiger partial charge on any atom is -0.371 e. The van der Waals surface area contributed by atoms with Crippen molar-refractivity contribution in [3.8, 4) is 0 Å². The summed E-state index contributed by atoms with van der Waals surface area (Å²) >= 11 is 0. The standard InChI is InChI=1S/C25H34N4O2/c1-5-19(4)26-24(30)22-16-21(11-12-23(22)29-13-7-6-8-14-29)28-25(31)27-20-10-9-17(2)18(3)15-20/h9-12,15-16,19H,5-8,13-14H2,1-4H3,(H,26,30)(H2,27,28,31)/t19-/m1/s1. The van der Waals surface area contributed by atoms with Gasteiger partial charge in [0, 0.05) is 36.2 Å². The maximum absolute atomic E-state index is 13.0. The number of benzene rings is 2. The van der Waals surface area contributed by atoms with Crippen molar-refractivity contribution in [1.29, 1.82) is 0 Å². The number of aryl methyl sites for hydroxylation is 2. The van der Waals surface area contributed by atoms with Gasteiger partial charge in [-0.05, 0) is 87.9 Å². The number of nitrogens with one attached hydrogen (secondary N) is 3. The highest BCUT2D eigenvalue weighted by atomic mass is 16.2. The molecule has 6 heteroatoms. The molecule has 1 saturated heterocycles. The summed E-state index contributed by atoms with van der Waals surface area (Å²) in [4.78, 5) is 27.8. The van der Waals surface area contributed by atoms with Crippen molar-refractivity contribution in [2.45, 2.75) is 59.4 Å². The predicted octanol–water partition coefficient (Wildman–Crippen LogP) is 5.47. The normalized spacial score (nSPS) is 14.6. The van der Waals surface area contributed by atoms with Crippen LogP contribution in [0, 0.1) is 13.8 Å². The second kappa shape index (κ2) is 10.3. The van der Waals surface area contributed by atoms with Gasteiger partial charge in [-0.15, -0.1) is 0 Å². The number of piperidine rings is 1. The van der Waals surface area contributed by atoms with Crippen LogP contribution in [0.15, 0.2) is 36.4 Å². The molecule has 0 unspecified atom stereocenters. The fourth-order valence-corrected chi connectivity index (χ4v) is 3.72. The number of nitrogens with zero attached hydrogens (tertiary/aromatic N) is 1. The summed E-state index contributed by atoms with van der Waals surface area (Å²) in [6.07, 6.45) is 4.35. The Morgan fingerprint density at radius 3 is 2.23 bits per heavy atom. The van der Waals surface area contributed by atoms with Crippen LogP contribution in [0.2, 0.25) is 0 Å². The highest BCUT2D eigenvalue weighted by Crippen LogP contribution is 2.27. The van der Waals surface area contributed by atoms with E-state index >= 15 is 0 Å². The third-order valence-corrected chi connectivity index (χ3v) is 5.95. The molecule has 1 fully saturated rings. The summed E-state index contributed by atoms with van der Waals surface area (Å²) in [6.45, 7) is 9.99. The predicted molar refractivity (Wildman–Crippen MR) is 128 cm³/mol. The Kier molecular flexibility index (Phi) is 7.55. The zero-order chi connectivity index (χ0) is 22.4. The van der Waals surface area contributed by atoms with Crippen LogP contribution in [-0.4, -0.2) is 31.1 Å². The smallest absolute Gasteiger partial charge is 0.323 e. The molecule has 0 spiro atoms. The van der Waals surface area contributed by atoms with Crippen LogP contribution in [0.25, 0.3) is 0 Å². The highest BCUT2D eigenvalue weighted by molar-refractivity contribution is 6.04. The van der Waals surface area contributed by atoms with E-state index in [-0.39, 0.29) is 18.0 Å². The molecule has 0 saturated carbocycles. The van der Waals surface area contributed by atoms with Gasteiger partial charge < -0.3 is 20.9 Å². The molecule has 31 heavy (non-hydrogen) atoms. The fraction of sp³-hybridized carbons (Fsp3) is 0.440. The van der Waals surface area contributed by atoms with Crippen LogP contribution in [0.1, 0.15) is 61.0 Å². The van der Waals surface area contributed by atoms with Crippen LogP contribution >= 0.6 is 0 Å². The molecule has 0 aromatic heterocycles. The second-order valence-electron chi connectivity index (χ2n) is 8.44. The summed E-state index contributed by atoms with van der Waals surface area (Å²) in [6, 6.07) is 11.2. The lowest BCUT2D eigenvalue weighted by atomic mass is 10.1. The monoisotopic (exact) mass is 422 g/mol. The molecule has 2 aromatic rings. The Morgan fingerprint density at radius 1 is 0.935 bits per heavy atom. The number of hydrogen-bond acceptors (Lipinski definition) is 3. The zero-order valence-electron chi connectivity index (χ0n) is 19.0. The van der Waals surface area contributed by atoms with E-state index < -0.39 is 0 Å². The SMILES string of the molecule is CC[C@@H](C)NC(=O)c1cc(NC(=O)Nc2ccc(C)c(C)c2)ccc1N1CCCCC1. The molecular formula is C25H34N4O2. The molecule has 1 atom stereocenters. The topological polar surface area (TPSA) is 73.5 Å². The number of carbonyl (C=O) groups excluding carboxylic acids is 2. The van der Waals surface area contributed by atoms with Gasteiger partial charge in [-0.25, -0.2) is 4.79 Å². The van der Waals surface area contributed by atoms with Crippen LogP contribution in [0.5, 0.6) is 0 Å². The third-order valence-electron chi connectivity index (χ3n) is 5.95. The van der Waals surface area contributed by atoms with Gasteiger partial charge in [-0.3, -0.25) is 4.79 Å². The van der Waals surface area contributed by atoms with Crippen molar-refractivity contribution in [2.75, 3.05) is 28.6 Å². The van der Waals surface area contributed by atoms with Crippen molar-refractivity contribution in [3.63, 3.8) is 0 Å². The Labute approximate surface area is 185 Å². The minimum absolute atomic E-state index is 0.0893. The lowest BCUT2D eigenvalue weighted by molar-refractivity contribution is 0.0939. The van der Waals surface area contributed by atoms with E-state index in [4.69, 9.17) is 0 Å². The van der Waals surface area contributed by atoms with Crippen LogP contribution in [-0.2, 0) is 0 Å². The van der Waals surface area contributed by atoms with E-state index in [0.717, 1.165) is 49.3 Å². The van der Waals surface area contributed by atoms with E-state index in [2.05, 4.69) is 20.9 Å². The summed E-state index contributed by atoms with van der Waals surface area (Å²) in [5, 5.41) is 8.80. The Balaban J connectivity index is 1.79. The summed E-state index contributed by atoms with van der Waals surface area (Å²) < 4.78 is 0. The summed E-state index contributed by atoms with van der Waals surface area (Å²) in [7, 11) is 0. The maximum Gasteiger partial charge on any atom is 0.323 e. The molecule has 2 aromatic carbocycles. The second-order valence-corrected chi connectivity index (χ2v) is 8.44. The average molecular weight is 423 g/mol. The van der Waals surface area contributed by atoms with E-state index in [1.807, 2.05) is 58.0 Å². The van der Waals surface area contributed by atoms with Crippen molar-refractivity contribution >= 4 is 29.0 Å². The molecule has 3 amide bonds. The van der Waals surface area contributed by atoms with Crippen LogP contribution < -0.4 is 20.9 Å². The summed E-state index contributed by atoms with van der Waals surface area (Å²) in [5.74, 6) is -0.104. The number of hydrogen-bond donors (Lipinski definition) is 3. The van der Waals surface area contributed by atoms with Gasteiger partial charge in [0.1, 0.15) is 0 Å². The first-order chi connectivity index (χ1) is 14.9. The molecule has 6 nitrogen and oxygen atoms in total. The fourth-order valence-electron chi connectivity index (χ4n) is 3.72. The molecule has 3 N–H and O–H groups in total. The first kappa shape index (κ1) is 22.7. The van der Waals surface area contributed by atoms with Gasteiger partial charge in [0.25, 0.3) is 5.91 Å². The Hall–Kier alpha value is -3.02. The summed E-state index contributed by atoms with van der Waals surface area (Å²) in [5.41, 5.74) is 5.16. The van der Waals surface area contributed by atoms with Gasteiger partial charge in [0.15, 0.2) is 0 Å². The highest BCUT2D eigenvalue weighted by Gasteiger charge is 2.20.